The van der Waals surface area contributed by atoms with E-state index in [0.717, 1.165) is 15.8 Å². The van der Waals surface area contributed by atoms with Crippen molar-refractivity contribution >= 4 is 23.2 Å². The van der Waals surface area contributed by atoms with Crippen molar-refractivity contribution in [2.75, 3.05) is 5.32 Å². The molecule has 0 aliphatic heterocycles. The molecule has 1 heterocycles. The van der Waals surface area contributed by atoms with Crippen LogP contribution in [0.15, 0.2) is 65.5 Å². The third-order valence-corrected chi connectivity index (χ3v) is 4.06. The molecule has 0 radical (unpaired) electrons. The van der Waals surface area contributed by atoms with Gasteiger partial charge in [-0.1, -0.05) is 48.0 Å². The molecule has 1 aromatic heterocycles. The van der Waals surface area contributed by atoms with E-state index in [-0.39, 0.29) is 18.0 Å². The molecule has 2 aromatic carbocycles. The van der Waals surface area contributed by atoms with Gasteiger partial charge < -0.3 is 5.32 Å². The molecule has 0 saturated carbocycles. The molecular weight excluding hydrogens is 338 g/mol. The smallest absolute Gasteiger partial charge is 0.267 e. The van der Waals surface area contributed by atoms with Crippen molar-refractivity contribution in [2.24, 2.45) is 0 Å². The molecule has 0 spiro atoms. The van der Waals surface area contributed by atoms with E-state index in [0.29, 0.717) is 16.4 Å². The fraction of sp³-hybridized carbons (Fsp3) is 0.105. The maximum absolute atomic E-state index is 12.2. The van der Waals surface area contributed by atoms with E-state index < -0.39 is 0 Å². The first-order valence-electron chi connectivity index (χ1n) is 7.73. The van der Waals surface area contributed by atoms with E-state index in [9.17, 15) is 9.59 Å². The summed E-state index contributed by atoms with van der Waals surface area (Å²) < 4.78 is 1.15. The topological polar surface area (TPSA) is 64.0 Å². The van der Waals surface area contributed by atoms with Gasteiger partial charge in [0.25, 0.3) is 5.56 Å². The van der Waals surface area contributed by atoms with Gasteiger partial charge in [0.05, 0.1) is 16.4 Å². The molecular formula is C19H16ClN3O2. The van der Waals surface area contributed by atoms with Crippen molar-refractivity contribution in [3.63, 3.8) is 0 Å². The summed E-state index contributed by atoms with van der Waals surface area (Å²) in [6.45, 7) is 1.78. The minimum Gasteiger partial charge on any atom is -0.323 e. The number of hydrogen-bond donors (Lipinski definition) is 1. The largest absolute Gasteiger partial charge is 0.323 e. The van der Waals surface area contributed by atoms with Gasteiger partial charge in [0.2, 0.25) is 5.91 Å². The summed E-state index contributed by atoms with van der Waals surface area (Å²) in [7, 11) is 0. The van der Waals surface area contributed by atoms with Crippen molar-refractivity contribution < 1.29 is 4.79 Å². The second kappa shape index (κ2) is 7.32. The molecule has 25 heavy (non-hydrogen) atoms. The molecule has 1 N–H and O–H groups in total. The quantitative estimate of drug-likeness (QED) is 0.780. The maximum atomic E-state index is 12.2. The van der Waals surface area contributed by atoms with Crippen molar-refractivity contribution in [2.45, 2.75) is 13.5 Å². The highest BCUT2D eigenvalue weighted by atomic mass is 35.5. The highest BCUT2D eigenvalue weighted by Gasteiger charge is 2.10. The molecule has 1 amide bonds. The molecule has 3 rings (SSSR count). The zero-order chi connectivity index (χ0) is 17.8. The third kappa shape index (κ3) is 3.95. The molecule has 0 bridgehead atoms. The Kier molecular flexibility index (Phi) is 4.95. The SMILES string of the molecule is Cc1ccccc1-c1ccc(=O)n(CC(=O)Nc2ccccc2Cl)n1. The molecule has 0 aliphatic rings. The van der Waals surface area contributed by atoms with E-state index in [1.165, 1.54) is 6.07 Å². The van der Waals surface area contributed by atoms with Crippen LogP contribution in [0.4, 0.5) is 5.69 Å². The predicted octanol–water partition coefficient (Wildman–Crippen LogP) is 3.51. The van der Waals surface area contributed by atoms with E-state index in [2.05, 4.69) is 10.4 Å². The lowest BCUT2D eigenvalue weighted by molar-refractivity contribution is -0.117. The number of hydrogen-bond acceptors (Lipinski definition) is 3. The molecule has 6 heteroatoms. The van der Waals surface area contributed by atoms with Gasteiger partial charge in [-0.3, -0.25) is 9.59 Å². The van der Waals surface area contributed by atoms with Crippen molar-refractivity contribution in [3.05, 3.63) is 81.6 Å². The van der Waals surface area contributed by atoms with Crippen LogP contribution < -0.4 is 10.9 Å². The Morgan fingerprint density at radius 1 is 1.08 bits per heavy atom. The average Bonchev–Trinajstić information content (AvgIpc) is 2.59. The minimum atomic E-state index is -0.371. The molecule has 0 fully saturated rings. The van der Waals surface area contributed by atoms with Crippen LogP contribution in [-0.2, 0) is 11.3 Å². The number of aryl methyl sites for hydroxylation is 1. The lowest BCUT2D eigenvalue weighted by Crippen LogP contribution is -2.29. The first-order valence-corrected chi connectivity index (χ1v) is 8.11. The van der Waals surface area contributed by atoms with Gasteiger partial charge in [-0.25, -0.2) is 4.68 Å². The van der Waals surface area contributed by atoms with Crippen molar-refractivity contribution in [1.29, 1.82) is 0 Å². The Hall–Kier alpha value is -2.92. The molecule has 0 unspecified atom stereocenters. The number of amides is 1. The Labute approximate surface area is 149 Å². The Balaban J connectivity index is 1.84. The minimum absolute atomic E-state index is 0.191. The summed E-state index contributed by atoms with van der Waals surface area (Å²) in [4.78, 5) is 24.3. The number of rotatable bonds is 4. The molecule has 0 aliphatic carbocycles. The number of halogens is 1. The fourth-order valence-electron chi connectivity index (χ4n) is 2.45. The number of anilines is 1. The van der Waals surface area contributed by atoms with Crippen LogP contribution in [0.3, 0.4) is 0 Å². The van der Waals surface area contributed by atoms with Crippen molar-refractivity contribution in [3.8, 4) is 11.3 Å². The number of nitrogens with one attached hydrogen (secondary N) is 1. The Bertz CT molecular complexity index is 982. The Morgan fingerprint density at radius 3 is 2.56 bits per heavy atom. The van der Waals surface area contributed by atoms with Gasteiger partial charge in [0.1, 0.15) is 6.54 Å². The molecule has 5 nitrogen and oxygen atoms in total. The second-order valence-corrected chi connectivity index (χ2v) is 5.96. The summed E-state index contributed by atoms with van der Waals surface area (Å²) in [6, 6.07) is 17.7. The third-order valence-electron chi connectivity index (χ3n) is 3.73. The van der Waals surface area contributed by atoms with E-state index in [4.69, 9.17) is 11.6 Å². The maximum Gasteiger partial charge on any atom is 0.267 e. The highest BCUT2D eigenvalue weighted by Crippen LogP contribution is 2.21. The zero-order valence-corrected chi connectivity index (χ0v) is 14.3. The monoisotopic (exact) mass is 353 g/mol. The lowest BCUT2D eigenvalue weighted by Gasteiger charge is -2.10. The number of carbonyl (C=O) groups excluding carboxylic acids is 1. The zero-order valence-electron chi connectivity index (χ0n) is 13.6. The van der Waals surface area contributed by atoms with Crippen LogP contribution in [0, 0.1) is 6.92 Å². The van der Waals surface area contributed by atoms with Crippen LogP contribution in [0.5, 0.6) is 0 Å². The fourth-order valence-corrected chi connectivity index (χ4v) is 2.64. The van der Waals surface area contributed by atoms with Gasteiger partial charge in [-0.2, -0.15) is 5.10 Å². The van der Waals surface area contributed by atoms with E-state index in [1.807, 2.05) is 31.2 Å². The van der Waals surface area contributed by atoms with E-state index in [1.54, 1.807) is 30.3 Å². The summed E-state index contributed by atoms with van der Waals surface area (Å²) in [6.07, 6.45) is 0. The predicted molar refractivity (Wildman–Crippen MR) is 98.8 cm³/mol. The Morgan fingerprint density at radius 2 is 1.80 bits per heavy atom. The lowest BCUT2D eigenvalue weighted by atomic mass is 10.1. The second-order valence-electron chi connectivity index (χ2n) is 5.56. The van der Waals surface area contributed by atoms with Gasteiger partial charge in [0.15, 0.2) is 0 Å². The molecule has 126 valence electrons. The van der Waals surface area contributed by atoms with Gasteiger partial charge in [-0.15, -0.1) is 0 Å². The van der Waals surface area contributed by atoms with Crippen LogP contribution >= 0.6 is 11.6 Å². The van der Waals surface area contributed by atoms with Gasteiger partial charge in [-0.05, 0) is 30.7 Å². The molecule has 3 aromatic rings. The number of benzene rings is 2. The van der Waals surface area contributed by atoms with Gasteiger partial charge >= 0.3 is 0 Å². The molecule has 0 saturated heterocycles. The number of aromatic nitrogens is 2. The van der Waals surface area contributed by atoms with Crippen LogP contribution in [0.25, 0.3) is 11.3 Å². The number of para-hydroxylation sites is 1. The van der Waals surface area contributed by atoms with Crippen molar-refractivity contribution in [1.82, 2.24) is 9.78 Å². The molecule has 0 atom stereocenters. The van der Waals surface area contributed by atoms with Crippen LogP contribution in [0.2, 0.25) is 5.02 Å². The van der Waals surface area contributed by atoms with Crippen LogP contribution in [-0.4, -0.2) is 15.7 Å². The summed E-state index contributed by atoms with van der Waals surface area (Å²) in [5.74, 6) is -0.371. The van der Waals surface area contributed by atoms with E-state index >= 15 is 0 Å². The van der Waals surface area contributed by atoms with Gasteiger partial charge in [0, 0.05) is 11.6 Å². The number of nitrogens with zero attached hydrogens (tertiary/aromatic N) is 2. The first-order chi connectivity index (χ1) is 12.0. The highest BCUT2D eigenvalue weighted by molar-refractivity contribution is 6.33. The summed E-state index contributed by atoms with van der Waals surface area (Å²) >= 11 is 6.03. The summed E-state index contributed by atoms with van der Waals surface area (Å²) in [5.41, 5.74) is 2.76. The normalized spacial score (nSPS) is 10.5. The standard InChI is InChI=1S/C19H16ClN3O2/c1-13-6-2-3-7-14(13)16-10-11-19(25)23(22-16)12-18(24)21-17-9-5-4-8-15(17)20/h2-11H,12H2,1H3,(H,21,24). The first kappa shape index (κ1) is 16.9. The van der Waals surface area contributed by atoms with Crippen LogP contribution in [0.1, 0.15) is 5.56 Å². The average molecular weight is 354 g/mol. The summed E-state index contributed by atoms with van der Waals surface area (Å²) in [5, 5.41) is 7.44. The number of carbonyl (C=O) groups is 1.